The second-order valence-corrected chi connectivity index (χ2v) is 11.7. The predicted octanol–water partition coefficient (Wildman–Crippen LogP) is 3.90. The maximum absolute atomic E-state index is 10.1. The van der Waals surface area contributed by atoms with E-state index in [-0.39, 0.29) is 6.61 Å². The Morgan fingerprint density at radius 2 is 2.05 bits per heavy atom. The van der Waals surface area contributed by atoms with Crippen LogP contribution < -0.4 is 9.64 Å². The molecule has 4 aromatic rings. The van der Waals surface area contributed by atoms with Gasteiger partial charge in [-0.15, -0.1) is 11.3 Å². The quantitative estimate of drug-likeness (QED) is 0.367. The zero-order valence-electron chi connectivity index (χ0n) is 21.8. The summed E-state index contributed by atoms with van der Waals surface area (Å²) in [5.74, 6) is 1.53. The average molecular weight is 530 g/mol. The largest absolute Gasteiger partial charge is 0.489 e. The van der Waals surface area contributed by atoms with Gasteiger partial charge in [-0.05, 0) is 44.9 Å². The van der Waals surface area contributed by atoms with Crippen LogP contribution in [-0.2, 0) is 13.0 Å². The lowest BCUT2D eigenvalue weighted by molar-refractivity contribution is -0.00874. The van der Waals surface area contributed by atoms with Gasteiger partial charge in [0.05, 0.1) is 41.3 Å². The fraction of sp³-hybridized carbons (Fsp3) is 0.429. The first-order valence-electron chi connectivity index (χ1n) is 13.0. The van der Waals surface area contributed by atoms with Crippen LogP contribution in [0.3, 0.4) is 0 Å². The predicted molar refractivity (Wildman–Crippen MR) is 146 cm³/mol. The molecular weight excluding hydrogens is 498 g/mol. The molecule has 0 radical (unpaired) electrons. The van der Waals surface area contributed by atoms with E-state index < -0.39 is 5.60 Å². The summed E-state index contributed by atoms with van der Waals surface area (Å²) in [6.07, 6.45) is 7.36. The van der Waals surface area contributed by atoms with Crippen LogP contribution in [-0.4, -0.2) is 67.0 Å². The number of pyridine rings is 2. The van der Waals surface area contributed by atoms with Crippen LogP contribution in [0.5, 0.6) is 5.75 Å². The molecule has 7 rings (SSSR count). The molecule has 3 fully saturated rings. The van der Waals surface area contributed by atoms with Crippen molar-refractivity contribution in [1.82, 2.24) is 24.5 Å². The summed E-state index contributed by atoms with van der Waals surface area (Å²) in [5.41, 5.74) is 3.11. The summed E-state index contributed by atoms with van der Waals surface area (Å²) >= 11 is 1.77. The number of rotatable bonds is 8. The van der Waals surface area contributed by atoms with Crippen LogP contribution in [0.15, 0.2) is 42.2 Å². The molecule has 38 heavy (non-hydrogen) atoms. The molecule has 0 aromatic carbocycles. The van der Waals surface area contributed by atoms with Gasteiger partial charge in [0.15, 0.2) is 0 Å². The monoisotopic (exact) mass is 529 g/mol. The zero-order chi connectivity index (χ0) is 26.4. The van der Waals surface area contributed by atoms with Gasteiger partial charge in [0.1, 0.15) is 29.3 Å². The first-order valence-corrected chi connectivity index (χ1v) is 13.9. The molecule has 2 atom stereocenters. The maximum atomic E-state index is 10.1. The SMILES string of the molecule is CCc1csc(CN2C3CC2CN(c2ccc(-c4cc(OCC(C)(C)O)cn5ncc(C#N)c45)cn2)C3)n1. The van der Waals surface area contributed by atoms with E-state index in [2.05, 4.69) is 39.3 Å². The number of piperidine rings is 1. The Morgan fingerprint density at radius 1 is 1.24 bits per heavy atom. The van der Waals surface area contributed by atoms with Crippen molar-refractivity contribution < 1.29 is 9.84 Å². The van der Waals surface area contributed by atoms with Gasteiger partial charge >= 0.3 is 0 Å². The number of nitriles is 1. The maximum Gasteiger partial charge on any atom is 0.138 e. The van der Waals surface area contributed by atoms with E-state index in [9.17, 15) is 10.4 Å². The van der Waals surface area contributed by atoms with Crippen LogP contribution in [0, 0.1) is 11.3 Å². The summed E-state index contributed by atoms with van der Waals surface area (Å²) in [6, 6.07) is 9.28. The summed E-state index contributed by atoms with van der Waals surface area (Å²) in [7, 11) is 0. The molecule has 1 N–H and O–H groups in total. The van der Waals surface area contributed by atoms with Crippen molar-refractivity contribution in [1.29, 1.82) is 5.26 Å². The highest BCUT2D eigenvalue weighted by atomic mass is 32.1. The highest BCUT2D eigenvalue weighted by molar-refractivity contribution is 7.09. The van der Waals surface area contributed by atoms with Gasteiger partial charge in [-0.25, -0.2) is 14.5 Å². The molecule has 0 amide bonds. The lowest BCUT2D eigenvalue weighted by Crippen LogP contribution is -2.68. The van der Waals surface area contributed by atoms with E-state index in [0.29, 0.717) is 28.9 Å². The van der Waals surface area contributed by atoms with Gasteiger partial charge in [-0.3, -0.25) is 4.90 Å². The van der Waals surface area contributed by atoms with E-state index in [1.54, 1.807) is 42.1 Å². The number of aromatic nitrogens is 4. The lowest BCUT2D eigenvalue weighted by Gasteiger charge is -2.56. The third kappa shape index (κ3) is 4.73. The number of piperazine rings is 1. The third-order valence-electron chi connectivity index (χ3n) is 7.31. The molecule has 7 heterocycles. The van der Waals surface area contributed by atoms with E-state index in [4.69, 9.17) is 14.7 Å². The number of hydrogen-bond donors (Lipinski definition) is 1. The number of ether oxygens (including phenoxy) is 1. The number of aliphatic hydroxyl groups is 1. The van der Waals surface area contributed by atoms with Gasteiger partial charge in [-0.1, -0.05) is 6.92 Å². The Kier molecular flexibility index (Phi) is 6.30. The second-order valence-electron chi connectivity index (χ2n) is 10.8. The molecule has 3 aliphatic heterocycles. The third-order valence-corrected chi connectivity index (χ3v) is 8.19. The summed E-state index contributed by atoms with van der Waals surface area (Å²) < 4.78 is 7.50. The van der Waals surface area contributed by atoms with Crippen molar-refractivity contribution in [2.45, 2.75) is 57.8 Å². The molecule has 196 valence electrons. The molecule has 10 heteroatoms. The number of aryl methyl sites for hydroxylation is 1. The molecule has 9 nitrogen and oxygen atoms in total. The smallest absolute Gasteiger partial charge is 0.138 e. The number of anilines is 1. The Hall–Kier alpha value is -3.52. The van der Waals surface area contributed by atoms with E-state index in [1.807, 2.05) is 18.3 Å². The van der Waals surface area contributed by atoms with Gasteiger partial charge in [0.25, 0.3) is 0 Å². The Balaban J connectivity index is 1.20. The first-order chi connectivity index (χ1) is 18.3. The van der Waals surface area contributed by atoms with Crippen LogP contribution in [0.4, 0.5) is 5.82 Å². The first kappa shape index (κ1) is 24.8. The lowest BCUT2D eigenvalue weighted by atomic mass is 9.87. The van der Waals surface area contributed by atoms with Gasteiger partial charge < -0.3 is 14.7 Å². The van der Waals surface area contributed by atoms with Crippen molar-refractivity contribution in [2.24, 2.45) is 0 Å². The standard InChI is InChI=1S/C28H31N7O2S/c1-4-20-16-38-26(32-20)15-34-21-7-22(34)13-33(12-21)25-6-5-18(10-30-25)24-8-23(37-17-28(2,3)36)14-35-27(24)19(9-29)11-31-35/h5-6,8,10-11,14,16,21-22,36H,4,7,12-13,15,17H2,1-3H3. The number of hydrogen-bond acceptors (Lipinski definition) is 9. The molecule has 2 unspecified atom stereocenters. The highest BCUT2D eigenvalue weighted by Crippen LogP contribution is 2.37. The normalized spacial score (nSPS) is 19.4. The van der Waals surface area contributed by atoms with Crippen molar-refractivity contribution >= 4 is 22.7 Å². The number of thiazole rings is 1. The highest BCUT2D eigenvalue weighted by Gasteiger charge is 2.45. The van der Waals surface area contributed by atoms with Crippen molar-refractivity contribution in [2.75, 3.05) is 24.6 Å². The number of fused-ring (bicyclic) bond motifs is 3. The molecule has 3 aliphatic rings. The van der Waals surface area contributed by atoms with Gasteiger partial charge in [-0.2, -0.15) is 10.4 Å². The Bertz CT molecular complexity index is 1490. The molecule has 2 bridgehead atoms. The Morgan fingerprint density at radius 3 is 2.71 bits per heavy atom. The minimum absolute atomic E-state index is 0.137. The van der Waals surface area contributed by atoms with E-state index in [0.717, 1.165) is 43.0 Å². The molecule has 0 spiro atoms. The zero-order valence-corrected chi connectivity index (χ0v) is 22.6. The minimum atomic E-state index is -0.969. The fourth-order valence-corrected chi connectivity index (χ4v) is 6.23. The van der Waals surface area contributed by atoms with Crippen molar-refractivity contribution in [3.05, 3.63) is 58.4 Å². The molecule has 3 saturated heterocycles. The topological polar surface area (TPSA) is 103 Å². The van der Waals surface area contributed by atoms with Crippen molar-refractivity contribution in [3.8, 4) is 22.9 Å². The fourth-order valence-electron chi connectivity index (χ4n) is 5.34. The van der Waals surface area contributed by atoms with Crippen LogP contribution in [0.1, 0.15) is 43.5 Å². The van der Waals surface area contributed by atoms with Crippen LogP contribution >= 0.6 is 11.3 Å². The van der Waals surface area contributed by atoms with Gasteiger partial charge in [0.2, 0.25) is 0 Å². The molecule has 0 saturated carbocycles. The summed E-state index contributed by atoms with van der Waals surface area (Å²) in [6.45, 7) is 8.54. The van der Waals surface area contributed by atoms with Gasteiger partial charge in [0, 0.05) is 47.9 Å². The molecule has 0 aliphatic carbocycles. The van der Waals surface area contributed by atoms with E-state index >= 15 is 0 Å². The molecular formula is C28H31N7O2S. The van der Waals surface area contributed by atoms with Crippen LogP contribution in [0.2, 0.25) is 0 Å². The average Bonchev–Trinajstić information content (AvgIpc) is 3.56. The summed E-state index contributed by atoms with van der Waals surface area (Å²) in [4.78, 5) is 14.5. The minimum Gasteiger partial charge on any atom is -0.489 e. The Labute approximate surface area is 225 Å². The second kappa shape index (κ2) is 9.66. The molecule has 4 aromatic heterocycles. The van der Waals surface area contributed by atoms with E-state index in [1.165, 1.54) is 17.1 Å². The summed E-state index contributed by atoms with van der Waals surface area (Å²) in [5, 5.41) is 27.5. The number of nitrogens with zero attached hydrogens (tertiary/aromatic N) is 7. The van der Waals surface area contributed by atoms with Crippen molar-refractivity contribution in [3.63, 3.8) is 0 Å². The van der Waals surface area contributed by atoms with Crippen LogP contribution in [0.25, 0.3) is 16.6 Å².